The number of aliphatic hydroxyl groups is 4. The van der Waals surface area contributed by atoms with Gasteiger partial charge in [-0.25, -0.2) is 9.37 Å². The van der Waals surface area contributed by atoms with Gasteiger partial charge in [-0.3, -0.25) is 0 Å². The highest BCUT2D eigenvalue weighted by Gasteiger charge is 2.27. The van der Waals surface area contributed by atoms with E-state index in [1.807, 2.05) is 0 Å². The van der Waals surface area contributed by atoms with Crippen molar-refractivity contribution in [3.05, 3.63) is 29.8 Å². The molecule has 0 saturated carbocycles. The molecule has 0 spiro atoms. The Kier molecular flexibility index (Phi) is 3.58. The van der Waals surface area contributed by atoms with Crippen molar-refractivity contribution in [2.45, 2.75) is 18.3 Å². The summed E-state index contributed by atoms with van der Waals surface area (Å²) in [5.41, 5.74) is 0.797. The first kappa shape index (κ1) is 12.9. The molecule has 1 heterocycles. The number of rotatable bonds is 4. The third kappa shape index (κ3) is 2.34. The molecule has 18 heavy (non-hydrogen) atoms. The topological polar surface area (TPSA) is 110 Å². The lowest BCUT2D eigenvalue weighted by molar-refractivity contribution is -0.0800. The number of aromatic nitrogens is 2. The summed E-state index contributed by atoms with van der Waals surface area (Å²) in [6.45, 7) is -0.687. The van der Waals surface area contributed by atoms with Gasteiger partial charge in [0.15, 0.2) is 0 Å². The Morgan fingerprint density at radius 3 is 2.67 bits per heavy atom. The number of aromatic amines is 1. The van der Waals surface area contributed by atoms with Crippen molar-refractivity contribution in [1.29, 1.82) is 0 Å². The fraction of sp³-hybridized carbons (Fsp3) is 0.364. The molecule has 6 nitrogen and oxygen atoms in total. The monoisotopic (exact) mass is 256 g/mol. The van der Waals surface area contributed by atoms with Crippen molar-refractivity contribution in [3.8, 4) is 0 Å². The van der Waals surface area contributed by atoms with Crippen LogP contribution >= 0.6 is 0 Å². The maximum atomic E-state index is 13.0. The second-order valence-corrected chi connectivity index (χ2v) is 3.97. The van der Waals surface area contributed by atoms with Crippen LogP contribution in [0, 0.1) is 5.82 Å². The third-order valence-electron chi connectivity index (χ3n) is 2.65. The summed E-state index contributed by atoms with van der Waals surface area (Å²) in [6.07, 6.45) is -4.56. The molecule has 98 valence electrons. The molecule has 0 saturated heterocycles. The highest BCUT2D eigenvalue weighted by Crippen LogP contribution is 2.20. The number of hydrogen-bond acceptors (Lipinski definition) is 5. The molecular formula is C11H13FN2O4. The van der Waals surface area contributed by atoms with Gasteiger partial charge in [0.05, 0.1) is 17.6 Å². The first-order valence-corrected chi connectivity index (χ1v) is 5.33. The van der Waals surface area contributed by atoms with E-state index in [0.717, 1.165) is 0 Å². The zero-order valence-corrected chi connectivity index (χ0v) is 9.29. The molecule has 5 N–H and O–H groups in total. The smallest absolute Gasteiger partial charge is 0.140 e. The van der Waals surface area contributed by atoms with Crippen LogP contribution in [0.2, 0.25) is 0 Å². The van der Waals surface area contributed by atoms with Crippen molar-refractivity contribution in [1.82, 2.24) is 9.97 Å². The average Bonchev–Trinajstić information content (AvgIpc) is 2.78. The summed E-state index contributed by atoms with van der Waals surface area (Å²) < 4.78 is 13.0. The molecule has 2 aromatic rings. The second-order valence-electron chi connectivity index (χ2n) is 3.97. The summed E-state index contributed by atoms with van der Waals surface area (Å²) in [5.74, 6) is -0.460. The van der Waals surface area contributed by atoms with Gasteiger partial charge in [0.1, 0.15) is 30.0 Å². The lowest BCUT2D eigenvalue weighted by atomic mass is 10.1. The van der Waals surface area contributed by atoms with Crippen LogP contribution in [0.1, 0.15) is 11.9 Å². The van der Waals surface area contributed by atoms with Gasteiger partial charge in [0.2, 0.25) is 0 Å². The summed E-state index contributed by atoms with van der Waals surface area (Å²) in [5, 5.41) is 37.2. The highest BCUT2D eigenvalue weighted by atomic mass is 19.1. The summed E-state index contributed by atoms with van der Waals surface area (Å²) in [4.78, 5) is 6.61. The predicted octanol–water partition coefficient (Wildman–Crippen LogP) is -0.550. The summed E-state index contributed by atoms with van der Waals surface area (Å²) >= 11 is 0. The maximum absolute atomic E-state index is 13.0. The fourth-order valence-corrected chi connectivity index (χ4v) is 1.62. The lowest BCUT2D eigenvalue weighted by Crippen LogP contribution is -2.35. The number of H-pyrrole nitrogens is 1. The maximum Gasteiger partial charge on any atom is 0.140 e. The van der Waals surface area contributed by atoms with Gasteiger partial charge >= 0.3 is 0 Å². The number of aliphatic hydroxyl groups excluding tert-OH is 4. The molecule has 0 aliphatic rings. The molecule has 0 bridgehead atoms. The minimum Gasteiger partial charge on any atom is -0.394 e. The average molecular weight is 256 g/mol. The first-order chi connectivity index (χ1) is 8.52. The Morgan fingerprint density at radius 2 is 2.00 bits per heavy atom. The van der Waals surface area contributed by atoms with E-state index in [4.69, 9.17) is 5.11 Å². The zero-order chi connectivity index (χ0) is 13.3. The number of benzene rings is 1. The number of nitrogens with zero attached hydrogens (tertiary/aromatic N) is 1. The quantitative estimate of drug-likeness (QED) is 0.504. The molecule has 0 aliphatic heterocycles. The molecule has 1 aromatic heterocycles. The Bertz CT molecular complexity index is 545. The molecule has 0 amide bonds. The van der Waals surface area contributed by atoms with Crippen molar-refractivity contribution in [2.24, 2.45) is 0 Å². The van der Waals surface area contributed by atoms with E-state index in [0.29, 0.717) is 11.0 Å². The second kappa shape index (κ2) is 4.99. The van der Waals surface area contributed by atoms with Crippen molar-refractivity contribution >= 4 is 11.0 Å². The van der Waals surface area contributed by atoms with Gasteiger partial charge in [-0.1, -0.05) is 0 Å². The molecule has 1 aromatic carbocycles. The summed E-state index contributed by atoms with van der Waals surface area (Å²) in [7, 11) is 0. The number of fused-ring (bicyclic) bond motifs is 1. The lowest BCUT2D eigenvalue weighted by Gasteiger charge is -2.19. The van der Waals surface area contributed by atoms with Crippen LogP contribution in [0.3, 0.4) is 0 Å². The highest BCUT2D eigenvalue weighted by molar-refractivity contribution is 5.75. The van der Waals surface area contributed by atoms with Crippen molar-refractivity contribution < 1.29 is 24.8 Å². The zero-order valence-electron chi connectivity index (χ0n) is 9.29. The third-order valence-corrected chi connectivity index (χ3v) is 2.65. The Morgan fingerprint density at radius 1 is 1.28 bits per heavy atom. The van der Waals surface area contributed by atoms with Gasteiger partial charge in [0.25, 0.3) is 0 Å². The molecular weight excluding hydrogens is 243 g/mol. The standard InChI is InChI=1S/C11H13FN2O4/c12-5-1-2-6-7(3-5)14-11(13-6)10(18)9(17)8(16)4-15/h1-3,8-10,15-18H,4H2,(H,13,14)/t8-,9?,10-/m1/s1. The van der Waals surface area contributed by atoms with Crippen LogP contribution in [0.15, 0.2) is 18.2 Å². The molecule has 3 atom stereocenters. The van der Waals surface area contributed by atoms with Crippen LogP contribution in [0.4, 0.5) is 4.39 Å². The number of hydrogen-bond donors (Lipinski definition) is 5. The largest absolute Gasteiger partial charge is 0.394 e. The SMILES string of the molecule is OC[C@@H](O)C(O)[C@@H](O)c1nc2ccc(F)cc2[nH]1. The number of nitrogens with one attached hydrogen (secondary N) is 1. The minimum absolute atomic E-state index is 0.00407. The molecule has 0 fully saturated rings. The van der Waals surface area contributed by atoms with Crippen LogP contribution < -0.4 is 0 Å². The molecule has 7 heteroatoms. The van der Waals surface area contributed by atoms with Crippen LogP contribution in [0.5, 0.6) is 0 Å². The van der Waals surface area contributed by atoms with E-state index in [2.05, 4.69) is 9.97 Å². The van der Waals surface area contributed by atoms with Crippen molar-refractivity contribution in [3.63, 3.8) is 0 Å². The Labute approximate surface area is 101 Å². The Balaban J connectivity index is 2.30. The summed E-state index contributed by atoms with van der Waals surface area (Å²) in [6, 6.07) is 3.85. The van der Waals surface area contributed by atoms with Crippen molar-refractivity contribution in [2.75, 3.05) is 6.61 Å². The van der Waals surface area contributed by atoms with E-state index in [1.54, 1.807) is 0 Å². The molecule has 0 radical (unpaired) electrons. The van der Waals surface area contributed by atoms with Gasteiger partial charge in [0, 0.05) is 0 Å². The first-order valence-electron chi connectivity index (χ1n) is 5.33. The molecule has 2 rings (SSSR count). The van der Waals surface area contributed by atoms with E-state index < -0.39 is 30.7 Å². The van der Waals surface area contributed by atoms with E-state index >= 15 is 0 Å². The van der Waals surface area contributed by atoms with Crippen LogP contribution in [-0.2, 0) is 0 Å². The van der Waals surface area contributed by atoms with Crippen LogP contribution in [0.25, 0.3) is 11.0 Å². The van der Waals surface area contributed by atoms with Crippen LogP contribution in [-0.4, -0.2) is 49.2 Å². The Hall–Kier alpha value is -1.54. The predicted molar refractivity (Wildman–Crippen MR) is 60.1 cm³/mol. The number of halogens is 1. The van der Waals surface area contributed by atoms with Gasteiger partial charge in [-0.05, 0) is 18.2 Å². The van der Waals surface area contributed by atoms with E-state index in [9.17, 15) is 19.7 Å². The van der Waals surface area contributed by atoms with Gasteiger partial charge in [-0.2, -0.15) is 0 Å². The van der Waals surface area contributed by atoms with Gasteiger partial charge in [-0.15, -0.1) is 0 Å². The normalized spacial score (nSPS) is 16.7. The van der Waals surface area contributed by atoms with Gasteiger partial charge < -0.3 is 25.4 Å². The van der Waals surface area contributed by atoms with E-state index in [1.165, 1.54) is 18.2 Å². The number of imidazole rings is 1. The van der Waals surface area contributed by atoms with E-state index in [-0.39, 0.29) is 5.82 Å². The minimum atomic E-state index is -1.58. The fourth-order valence-electron chi connectivity index (χ4n) is 1.62. The molecule has 0 aliphatic carbocycles. The molecule has 1 unspecified atom stereocenters.